The zero-order chi connectivity index (χ0) is 21.8. The van der Waals surface area contributed by atoms with E-state index in [9.17, 15) is 28.0 Å². The summed E-state index contributed by atoms with van der Waals surface area (Å²) in [6, 6.07) is 9.55. The van der Waals surface area contributed by atoms with Crippen molar-refractivity contribution in [3.63, 3.8) is 0 Å². The molecule has 1 heterocycles. The lowest BCUT2D eigenvalue weighted by molar-refractivity contribution is -0.153. The van der Waals surface area contributed by atoms with Gasteiger partial charge in [0.2, 0.25) is 5.91 Å². The molecule has 1 aliphatic rings. The monoisotopic (exact) mass is 416 g/mol. The van der Waals surface area contributed by atoms with Gasteiger partial charge in [-0.2, -0.15) is 0 Å². The van der Waals surface area contributed by atoms with Crippen molar-refractivity contribution in [2.75, 3.05) is 11.9 Å². The molecule has 7 nitrogen and oxygen atoms in total. The van der Waals surface area contributed by atoms with E-state index >= 15 is 0 Å². The average molecular weight is 416 g/mol. The standard InChI is InChI=1S/C21H18F2N2O5/c1-12(20(28)24-14-6-7-16(22)17(23)11-14)30-19(27)8-9-25-18(26)10-13-4-2-3-5-15(13)21(25)29/h2-7,11-12H,8-10H2,1H3,(H,24,28)/t12-/m0/s1. The van der Waals surface area contributed by atoms with Crippen molar-refractivity contribution in [2.24, 2.45) is 0 Å². The number of anilines is 1. The Morgan fingerprint density at radius 3 is 2.60 bits per heavy atom. The molecule has 0 saturated carbocycles. The maximum absolute atomic E-state index is 13.2. The smallest absolute Gasteiger partial charge is 0.308 e. The molecule has 0 bridgehead atoms. The molecule has 2 aromatic rings. The maximum atomic E-state index is 13.2. The number of ether oxygens (including phenoxy) is 1. The van der Waals surface area contributed by atoms with Crippen molar-refractivity contribution in [2.45, 2.75) is 25.9 Å². The third-order valence-electron chi connectivity index (χ3n) is 4.54. The minimum atomic E-state index is -1.22. The van der Waals surface area contributed by atoms with Crippen molar-refractivity contribution >= 4 is 29.4 Å². The molecular formula is C21H18F2N2O5. The van der Waals surface area contributed by atoms with E-state index < -0.39 is 41.4 Å². The zero-order valence-corrected chi connectivity index (χ0v) is 16.0. The molecule has 0 unspecified atom stereocenters. The van der Waals surface area contributed by atoms with Crippen molar-refractivity contribution < 1.29 is 32.7 Å². The van der Waals surface area contributed by atoms with Gasteiger partial charge in [-0.3, -0.25) is 24.1 Å². The van der Waals surface area contributed by atoms with Gasteiger partial charge in [0.1, 0.15) is 0 Å². The van der Waals surface area contributed by atoms with Crippen LogP contribution < -0.4 is 5.32 Å². The number of carbonyl (C=O) groups excluding carboxylic acids is 4. The van der Waals surface area contributed by atoms with Crippen molar-refractivity contribution in [1.82, 2.24) is 4.90 Å². The number of nitrogens with one attached hydrogen (secondary N) is 1. The van der Waals surface area contributed by atoms with Crippen molar-refractivity contribution in [3.05, 3.63) is 65.2 Å². The quantitative estimate of drug-likeness (QED) is 0.577. The fraction of sp³-hybridized carbons (Fsp3) is 0.238. The second kappa shape index (κ2) is 8.81. The van der Waals surface area contributed by atoms with Crippen LogP contribution in [0.5, 0.6) is 0 Å². The number of carbonyl (C=O) groups is 4. The van der Waals surface area contributed by atoms with Crippen LogP contribution in [0.4, 0.5) is 14.5 Å². The summed E-state index contributed by atoms with van der Waals surface area (Å²) in [6.07, 6.45) is -1.45. The van der Waals surface area contributed by atoms with E-state index in [1.165, 1.54) is 6.92 Å². The largest absolute Gasteiger partial charge is 0.452 e. The first-order valence-electron chi connectivity index (χ1n) is 9.14. The molecule has 1 N–H and O–H groups in total. The van der Waals surface area contributed by atoms with Gasteiger partial charge in [0.15, 0.2) is 17.7 Å². The predicted octanol–water partition coefficient (Wildman–Crippen LogP) is 2.45. The van der Waals surface area contributed by atoms with Crippen LogP contribution in [-0.4, -0.2) is 41.2 Å². The van der Waals surface area contributed by atoms with Crippen LogP contribution >= 0.6 is 0 Å². The molecule has 3 rings (SSSR count). The minimum absolute atomic E-state index is 0.00461. The normalized spacial score (nSPS) is 14.2. The van der Waals surface area contributed by atoms with E-state index in [-0.39, 0.29) is 25.1 Å². The first kappa shape index (κ1) is 21.1. The van der Waals surface area contributed by atoms with E-state index in [1.807, 2.05) is 0 Å². The van der Waals surface area contributed by atoms with Crippen LogP contribution in [-0.2, 0) is 25.5 Å². The number of nitrogens with zero attached hydrogens (tertiary/aromatic N) is 1. The van der Waals surface area contributed by atoms with Crippen molar-refractivity contribution in [1.29, 1.82) is 0 Å². The molecule has 0 fully saturated rings. The van der Waals surface area contributed by atoms with Gasteiger partial charge in [-0.15, -0.1) is 0 Å². The number of imide groups is 1. The van der Waals surface area contributed by atoms with Gasteiger partial charge < -0.3 is 10.1 Å². The van der Waals surface area contributed by atoms with E-state index in [1.54, 1.807) is 24.3 Å². The van der Waals surface area contributed by atoms with E-state index in [0.717, 1.165) is 23.1 Å². The summed E-state index contributed by atoms with van der Waals surface area (Å²) in [5, 5.41) is 2.30. The molecule has 0 radical (unpaired) electrons. The Balaban J connectivity index is 1.52. The summed E-state index contributed by atoms with van der Waals surface area (Å²) in [6.45, 7) is 1.13. The summed E-state index contributed by atoms with van der Waals surface area (Å²) in [7, 11) is 0. The number of halogens is 2. The van der Waals surface area contributed by atoms with E-state index in [2.05, 4.69) is 5.32 Å². The Bertz CT molecular complexity index is 1020. The lowest BCUT2D eigenvalue weighted by Crippen LogP contribution is -2.43. The molecule has 0 aliphatic carbocycles. The predicted molar refractivity (Wildman–Crippen MR) is 101 cm³/mol. The van der Waals surface area contributed by atoms with E-state index in [0.29, 0.717) is 11.1 Å². The molecule has 2 aromatic carbocycles. The summed E-state index contributed by atoms with van der Waals surface area (Å²) < 4.78 is 31.1. The average Bonchev–Trinajstić information content (AvgIpc) is 2.70. The zero-order valence-electron chi connectivity index (χ0n) is 16.0. The fourth-order valence-electron chi connectivity index (χ4n) is 2.96. The third-order valence-corrected chi connectivity index (χ3v) is 4.54. The van der Waals surface area contributed by atoms with Crippen molar-refractivity contribution in [3.8, 4) is 0 Å². The molecule has 9 heteroatoms. The highest BCUT2D eigenvalue weighted by Crippen LogP contribution is 2.20. The van der Waals surface area contributed by atoms with Gasteiger partial charge in [0.05, 0.1) is 12.8 Å². The Kier molecular flexibility index (Phi) is 6.20. The van der Waals surface area contributed by atoms with Crippen LogP contribution in [0.2, 0.25) is 0 Å². The number of hydrogen-bond donors (Lipinski definition) is 1. The first-order valence-corrected chi connectivity index (χ1v) is 9.14. The SMILES string of the molecule is C[C@H](OC(=O)CCN1C(=O)Cc2ccccc2C1=O)C(=O)Nc1ccc(F)c(F)c1. The van der Waals surface area contributed by atoms with Crippen LogP contribution in [0.15, 0.2) is 42.5 Å². The number of hydrogen-bond acceptors (Lipinski definition) is 5. The molecule has 0 spiro atoms. The van der Waals surface area contributed by atoms with Gasteiger partial charge in [-0.25, -0.2) is 8.78 Å². The highest BCUT2D eigenvalue weighted by molar-refractivity contribution is 6.09. The lowest BCUT2D eigenvalue weighted by Gasteiger charge is -2.26. The summed E-state index contributed by atoms with van der Waals surface area (Å²) in [4.78, 5) is 49.8. The first-order chi connectivity index (χ1) is 14.3. The van der Waals surface area contributed by atoms with Gasteiger partial charge in [0, 0.05) is 23.9 Å². The molecule has 1 atom stereocenters. The number of benzene rings is 2. The van der Waals surface area contributed by atoms with Crippen LogP contribution in [0, 0.1) is 11.6 Å². The Labute approximate surface area is 170 Å². The second-order valence-corrected chi connectivity index (χ2v) is 6.68. The van der Waals surface area contributed by atoms with Gasteiger partial charge in [-0.1, -0.05) is 18.2 Å². The minimum Gasteiger partial charge on any atom is -0.452 e. The molecule has 0 aromatic heterocycles. The highest BCUT2D eigenvalue weighted by Gasteiger charge is 2.31. The van der Waals surface area contributed by atoms with Crippen LogP contribution in [0.25, 0.3) is 0 Å². The Hall–Kier alpha value is -3.62. The fourth-order valence-corrected chi connectivity index (χ4v) is 2.96. The maximum Gasteiger partial charge on any atom is 0.308 e. The topological polar surface area (TPSA) is 92.8 Å². The third kappa shape index (κ3) is 4.68. The number of rotatable bonds is 6. The van der Waals surface area contributed by atoms with Crippen LogP contribution in [0.3, 0.4) is 0 Å². The Morgan fingerprint density at radius 1 is 1.13 bits per heavy atom. The molecule has 3 amide bonds. The summed E-state index contributed by atoms with van der Waals surface area (Å²) in [5.74, 6) is -4.63. The molecule has 0 saturated heterocycles. The second-order valence-electron chi connectivity index (χ2n) is 6.68. The van der Waals surface area contributed by atoms with Gasteiger partial charge in [0.25, 0.3) is 11.8 Å². The van der Waals surface area contributed by atoms with Crippen LogP contribution in [0.1, 0.15) is 29.3 Å². The molecular weight excluding hydrogens is 398 g/mol. The Morgan fingerprint density at radius 2 is 1.87 bits per heavy atom. The summed E-state index contributed by atoms with van der Waals surface area (Å²) in [5.41, 5.74) is 1.04. The number of amides is 3. The molecule has 1 aliphatic heterocycles. The number of esters is 1. The molecule has 30 heavy (non-hydrogen) atoms. The number of fused-ring (bicyclic) bond motifs is 1. The lowest BCUT2D eigenvalue weighted by atomic mass is 9.98. The van der Waals surface area contributed by atoms with Gasteiger partial charge in [-0.05, 0) is 30.7 Å². The molecule has 156 valence electrons. The van der Waals surface area contributed by atoms with E-state index in [4.69, 9.17) is 4.74 Å². The summed E-state index contributed by atoms with van der Waals surface area (Å²) >= 11 is 0. The van der Waals surface area contributed by atoms with Gasteiger partial charge >= 0.3 is 5.97 Å². The highest BCUT2D eigenvalue weighted by atomic mass is 19.2.